The number of aryl methyl sites for hydroxylation is 4. The molecule has 0 aliphatic heterocycles. The molecule has 30 heavy (non-hydrogen) atoms. The molecule has 4 heteroatoms. The third-order valence-corrected chi connectivity index (χ3v) is 6.84. The molecule has 1 N–H and O–H groups in total. The highest BCUT2D eigenvalue weighted by Crippen LogP contribution is 2.29. The van der Waals surface area contributed by atoms with Gasteiger partial charge in [0.2, 0.25) is 0 Å². The van der Waals surface area contributed by atoms with E-state index in [2.05, 4.69) is 85.2 Å². The summed E-state index contributed by atoms with van der Waals surface area (Å²) in [4.78, 5) is 2.45. The number of hydrogen-bond donors (Lipinski definition) is 1. The molecule has 1 fully saturated rings. The van der Waals surface area contributed by atoms with Crippen molar-refractivity contribution in [3.63, 3.8) is 0 Å². The van der Waals surface area contributed by atoms with Gasteiger partial charge in [0, 0.05) is 42.4 Å². The van der Waals surface area contributed by atoms with Gasteiger partial charge in [0.25, 0.3) is 0 Å². The fraction of sp³-hybridized carbons (Fsp3) is 0.423. The SMILES string of the molecule is Cc1cc(C)c(NC(=S)N(Cc2cn(C)c3ccccc23)C2CCCCC2)c(C)c1. The summed E-state index contributed by atoms with van der Waals surface area (Å²) >= 11 is 6.03. The fourth-order valence-corrected chi connectivity index (χ4v) is 5.37. The quantitative estimate of drug-likeness (QED) is 0.479. The Kier molecular flexibility index (Phi) is 6.14. The first-order chi connectivity index (χ1) is 14.4. The van der Waals surface area contributed by atoms with E-state index >= 15 is 0 Å². The predicted molar refractivity (Wildman–Crippen MR) is 132 cm³/mol. The van der Waals surface area contributed by atoms with E-state index in [1.165, 1.54) is 65.3 Å². The smallest absolute Gasteiger partial charge is 0.173 e. The number of fused-ring (bicyclic) bond motifs is 1. The van der Waals surface area contributed by atoms with Gasteiger partial charge in [-0.25, -0.2) is 0 Å². The van der Waals surface area contributed by atoms with E-state index in [4.69, 9.17) is 12.2 Å². The maximum absolute atomic E-state index is 6.03. The Balaban J connectivity index is 1.65. The Morgan fingerprint density at radius 1 is 1.07 bits per heavy atom. The number of aromatic nitrogens is 1. The van der Waals surface area contributed by atoms with Gasteiger partial charge in [0.05, 0.1) is 0 Å². The molecule has 0 unspecified atom stereocenters. The molecule has 0 bridgehead atoms. The average Bonchev–Trinajstić information content (AvgIpc) is 3.05. The minimum Gasteiger partial charge on any atom is -0.350 e. The zero-order valence-electron chi connectivity index (χ0n) is 18.7. The summed E-state index contributed by atoms with van der Waals surface area (Å²) in [7, 11) is 2.13. The first kappa shape index (κ1) is 20.9. The highest BCUT2D eigenvalue weighted by atomic mass is 32.1. The van der Waals surface area contributed by atoms with Crippen LogP contribution in [0.3, 0.4) is 0 Å². The van der Waals surface area contributed by atoms with Crippen molar-refractivity contribution >= 4 is 33.9 Å². The van der Waals surface area contributed by atoms with Crippen molar-refractivity contribution in [1.29, 1.82) is 0 Å². The first-order valence-corrected chi connectivity index (χ1v) is 11.5. The zero-order chi connectivity index (χ0) is 21.3. The van der Waals surface area contributed by atoms with Gasteiger partial charge in [-0.05, 0) is 68.6 Å². The minimum absolute atomic E-state index is 0.503. The van der Waals surface area contributed by atoms with Crippen LogP contribution in [0.25, 0.3) is 10.9 Å². The number of rotatable bonds is 4. The lowest BCUT2D eigenvalue weighted by molar-refractivity contribution is 0.241. The van der Waals surface area contributed by atoms with E-state index in [9.17, 15) is 0 Å². The van der Waals surface area contributed by atoms with Crippen molar-refractivity contribution in [2.75, 3.05) is 5.32 Å². The van der Waals surface area contributed by atoms with E-state index in [1.54, 1.807) is 0 Å². The molecule has 0 saturated heterocycles. The average molecular weight is 420 g/mol. The summed E-state index contributed by atoms with van der Waals surface area (Å²) in [5.41, 5.74) is 7.58. The Bertz CT molecular complexity index is 1040. The second kappa shape index (κ2) is 8.81. The van der Waals surface area contributed by atoms with E-state index < -0.39 is 0 Å². The fourth-order valence-electron chi connectivity index (χ4n) is 5.05. The van der Waals surface area contributed by atoms with Crippen LogP contribution in [0.2, 0.25) is 0 Å². The summed E-state index contributed by atoms with van der Waals surface area (Å²) in [6, 6.07) is 13.6. The summed E-state index contributed by atoms with van der Waals surface area (Å²) in [5, 5.41) is 5.81. The topological polar surface area (TPSA) is 20.2 Å². The lowest BCUT2D eigenvalue weighted by Crippen LogP contribution is -2.43. The zero-order valence-corrected chi connectivity index (χ0v) is 19.5. The molecule has 1 aliphatic carbocycles. The standard InChI is InChI=1S/C26H33N3S/c1-18-14-19(2)25(20(3)15-18)27-26(30)29(22-10-6-5-7-11-22)17-21-16-28(4)24-13-9-8-12-23(21)24/h8-9,12-16,22H,5-7,10-11,17H2,1-4H3,(H,27,30). The van der Waals surface area contributed by atoms with Crippen LogP contribution in [-0.2, 0) is 13.6 Å². The van der Waals surface area contributed by atoms with Gasteiger partial charge in [-0.1, -0.05) is 55.2 Å². The van der Waals surface area contributed by atoms with Gasteiger partial charge < -0.3 is 14.8 Å². The van der Waals surface area contributed by atoms with E-state index in [0.717, 1.165) is 17.3 Å². The Morgan fingerprint density at radius 2 is 1.73 bits per heavy atom. The number of hydrogen-bond acceptors (Lipinski definition) is 1. The molecule has 0 amide bonds. The normalized spacial score (nSPS) is 14.8. The molecule has 1 aromatic heterocycles. The van der Waals surface area contributed by atoms with Crippen LogP contribution in [-0.4, -0.2) is 20.6 Å². The number of nitrogens with one attached hydrogen (secondary N) is 1. The highest BCUT2D eigenvalue weighted by Gasteiger charge is 2.25. The molecule has 3 aromatic rings. The molecule has 1 aliphatic rings. The van der Waals surface area contributed by atoms with E-state index in [0.29, 0.717) is 6.04 Å². The molecule has 0 radical (unpaired) electrons. The third-order valence-electron chi connectivity index (χ3n) is 6.51. The van der Waals surface area contributed by atoms with Crippen molar-refractivity contribution in [1.82, 2.24) is 9.47 Å². The van der Waals surface area contributed by atoms with Crippen LogP contribution in [0.4, 0.5) is 5.69 Å². The monoisotopic (exact) mass is 419 g/mol. The Labute approximate surface area is 186 Å². The third kappa shape index (κ3) is 4.24. The van der Waals surface area contributed by atoms with Crippen molar-refractivity contribution in [2.24, 2.45) is 7.05 Å². The second-order valence-electron chi connectivity index (χ2n) is 8.91. The van der Waals surface area contributed by atoms with Crippen LogP contribution in [0, 0.1) is 20.8 Å². The van der Waals surface area contributed by atoms with Gasteiger partial charge in [0.1, 0.15) is 0 Å². The highest BCUT2D eigenvalue weighted by molar-refractivity contribution is 7.80. The van der Waals surface area contributed by atoms with Crippen molar-refractivity contribution < 1.29 is 0 Å². The largest absolute Gasteiger partial charge is 0.350 e. The molecule has 0 atom stereocenters. The van der Waals surface area contributed by atoms with Gasteiger partial charge in [-0.3, -0.25) is 0 Å². The van der Waals surface area contributed by atoms with Gasteiger partial charge in [-0.2, -0.15) is 0 Å². The number of anilines is 1. The molecule has 1 heterocycles. The lowest BCUT2D eigenvalue weighted by Gasteiger charge is -2.36. The summed E-state index contributed by atoms with van der Waals surface area (Å²) in [6.07, 6.45) is 8.64. The maximum atomic E-state index is 6.03. The van der Waals surface area contributed by atoms with Gasteiger partial charge in [-0.15, -0.1) is 0 Å². The number of benzene rings is 2. The van der Waals surface area contributed by atoms with Crippen LogP contribution >= 0.6 is 12.2 Å². The summed E-state index contributed by atoms with van der Waals surface area (Å²) < 4.78 is 2.23. The molecule has 4 rings (SSSR count). The van der Waals surface area contributed by atoms with E-state index in [-0.39, 0.29) is 0 Å². The second-order valence-corrected chi connectivity index (χ2v) is 9.29. The molecular weight excluding hydrogens is 386 g/mol. The molecule has 158 valence electrons. The summed E-state index contributed by atoms with van der Waals surface area (Å²) in [5.74, 6) is 0. The van der Waals surface area contributed by atoms with Gasteiger partial charge >= 0.3 is 0 Å². The lowest BCUT2D eigenvalue weighted by atomic mass is 9.94. The molecule has 1 saturated carbocycles. The molecule has 0 spiro atoms. The van der Waals surface area contributed by atoms with E-state index in [1.807, 2.05) is 0 Å². The van der Waals surface area contributed by atoms with Crippen molar-refractivity contribution in [3.05, 3.63) is 64.8 Å². The van der Waals surface area contributed by atoms with Gasteiger partial charge in [0.15, 0.2) is 5.11 Å². The van der Waals surface area contributed by atoms with Crippen LogP contribution in [0.5, 0.6) is 0 Å². The maximum Gasteiger partial charge on any atom is 0.173 e. The number of nitrogens with zero attached hydrogens (tertiary/aromatic N) is 2. The van der Waals surface area contributed by atoms with Crippen molar-refractivity contribution in [3.8, 4) is 0 Å². The molecule has 3 nitrogen and oxygen atoms in total. The van der Waals surface area contributed by atoms with Crippen molar-refractivity contribution in [2.45, 2.75) is 65.5 Å². The Hall–Kier alpha value is -2.33. The Morgan fingerprint density at radius 3 is 2.43 bits per heavy atom. The first-order valence-electron chi connectivity index (χ1n) is 11.1. The summed E-state index contributed by atoms with van der Waals surface area (Å²) in [6.45, 7) is 7.33. The molecular formula is C26H33N3S. The van der Waals surface area contributed by atoms with Crippen LogP contribution in [0.15, 0.2) is 42.6 Å². The minimum atomic E-state index is 0.503. The number of para-hydroxylation sites is 1. The molecule has 2 aromatic carbocycles. The predicted octanol–water partition coefficient (Wildman–Crippen LogP) is 6.64. The number of thiocarbonyl (C=S) groups is 1. The van der Waals surface area contributed by atoms with Crippen LogP contribution < -0.4 is 5.32 Å². The van der Waals surface area contributed by atoms with Crippen LogP contribution in [0.1, 0.15) is 54.4 Å².